The molecule has 27 heavy (non-hydrogen) atoms. The fraction of sp³-hybridized carbons (Fsp3) is 0.0870. The van der Waals surface area contributed by atoms with E-state index in [1.54, 1.807) is 6.07 Å². The van der Waals surface area contributed by atoms with Crippen molar-refractivity contribution in [3.63, 3.8) is 0 Å². The zero-order valence-electron chi connectivity index (χ0n) is 14.6. The maximum absolute atomic E-state index is 12.1. The molecule has 0 fully saturated rings. The van der Waals surface area contributed by atoms with Crippen LogP contribution in [-0.2, 0) is 0 Å². The average Bonchev–Trinajstić information content (AvgIpc) is 3.15. The summed E-state index contributed by atoms with van der Waals surface area (Å²) in [4.78, 5) is 12.1. The van der Waals surface area contributed by atoms with Crippen LogP contribution >= 0.6 is 0 Å². The molecule has 3 aromatic carbocycles. The Morgan fingerprint density at radius 3 is 2.59 bits per heavy atom. The normalized spacial score (nSPS) is 10.4. The SMILES string of the molecule is O=C(NCC#CCOc1cccc2ccccc12)c1cc2ccccc2o1. The molecule has 4 heteroatoms. The van der Waals surface area contributed by atoms with Gasteiger partial charge in [0, 0.05) is 10.8 Å². The molecule has 1 N–H and O–H groups in total. The molecule has 4 nitrogen and oxygen atoms in total. The van der Waals surface area contributed by atoms with Crippen LogP contribution in [0.4, 0.5) is 0 Å². The highest BCUT2D eigenvalue weighted by molar-refractivity contribution is 5.96. The molecule has 1 amide bonds. The minimum Gasteiger partial charge on any atom is -0.480 e. The first kappa shape index (κ1) is 16.7. The van der Waals surface area contributed by atoms with Gasteiger partial charge in [-0.25, -0.2) is 0 Å². The van der Waals surface area contributed by atoms with Crippen molar-refractivity contribution in [3.05, 3.63) is 78.6 Å². The van der Waals surface area contributed by atoms with E-state index in [2.05, 4.69) is 17.2 Å². The minimum atomic E-state index is -0.282. The maximum atomic E-state index is 12.1. The smallest absolute Gasteiger partial charge is 0.287 e. The van der Waals surface area contributed by atoms with Crippen LogP contribution < -0.4 is 10.1 Å². The molecule has 0 spiro atoms. The van der Waals surface area contributed by atoms with Crippen LogP contribution in [0.25, 0.3) is 21.7 Å². The lowest BCUT2D eigenvalue weighted by Gasteiger charge is -2.06. The third-order valence-corrected chi connectivity index (χ3v) is 4.16. The van der Waals surface area contributed by atoms with Gasteiger partial charge in [-0.1, -0.05) is 66.4 Å². The summed E-state index contributed by atoms with van der Waals surface area (Å²) in [6.45, 7) is 0.489. The first-order chi connectivity index (χ1) is 13.3. The Hall–Kier alpha value is -3.71. The molecular weight excluding hydrogens is 338 g/mol. The fourth-order valence-electron chi connectivity index (χ4n) is 2.85. The summed E-state index contributed by atoms with van der Waals surface area (Å²) in [6, 6.07) is 23.2. The number of benzene rings is 3. The molecule has 0 saturated heterocycles. The van der Waals surface area contributed by atoms with Crippen molar-refractivity contribution >= 4 is 27.6 Å². The molecule has 4 rings (SSSR count). The van der Waals surface area contributed by atoms with Gasteiger partial charge in [0.1, 0.15) is 17.9 Å². The number of nitrogens with one attached hydrogen (secondary N) is 1. The number of fused-ring (bicyclic) bond motifs is 2. The third kappa shape index (κ3) is 3.78. The zero-order chi connectivity index (χ0) is 18.5. The van der Waals surface area contributed by atoms with Crippen LogP contribution in [0.15, 0.2) is 77.2 Å². The van der Waals surface area contributed by atoms with Gasteiger partial charge in [0.2, 0.25) is 0 Å². The van der Waals surface area contributed by atoms with Crippen LogP contribution in [0.1, 0.15) is 10.6 Å². The molecule has 0 unspecified atom stereocenters. The van der Waals surface area contributed by atoms with Gasteiger partial charge in [0.25, 0.3) is 5.91 Å². The summed E-state index contributed by atoms with van der Waals surface area (Å²) in [5.41, 5.74) is 0.692. The second kappa shape index (κ2) is 7.67. The van der Waals surface area contributed by atoms with Crippen molar-refractivity contribution in [2.75, 3.05) is 13.2 Å². The first-order valence-corrected chi connectivity index (χ1v) is 8.64. The average molecular weight is 355 g/mol. The van der Waals surface area contributed by atoms with Crippen molar-refractivity contribution < 1.29 is 13.9 Å². The molecule has 0 aliphatic carbocycles. The Morgan fingerprint density at radius 2 is 1.70 bits per heavy atom. The third-order valence-electron chi connectivity index (χ3n) is 4.16. The van der Waals surface area contributed by atoms with Crippen LogP contribution in [0.5, 0.6) is 5.75 Å². The number of carbonyl (C=O) groups is 1. The molecule has 0 radical (unpaired) electrons. The second-order valence-corrected chi connectivity index (χ2v) is 5.95. The van der Waals surface area contributed by atoms with Crippen molar-refractivity contribution in [3.8, 4) is 17.6 Å². The zero-order valence-corrected chi connectivity index (χ0v) is 14.6. The Morgan fingerprint density at radius 1 is 0.926 bits per heavy atom. The van der Waals surface area contributed by atoms with Gasteiger partial charge in [-0.15, -0.1) is 0 Å². The summed E-state index contributed by atoms with van der Waals surface area (Å²) >= 11 is 0. The van der Waals surface area contributed by atoms with Crippen LogP contribution in [-0.4, -0.2) is 19.1 Å². The number of para-hydroxylation sites is 1. The van der Waals surface area contributed by atoms with E-state index >= 15 is 0 Å². The summed E-state index contributed by atoms with van der Waals surface area (Å²) < 4.78 is 11.3. The number of furan rings is 1. The Kier molecular flexibility index (Phi) is 4.76. The number of hydrogen-bond donors (Lipinski definition) is 1. The van der Waals surface area contributed by atoms with Gasteiger partial charge in [-0.3, -0.25) is 4.79 Å². The van der Waals surface area contributed by atoms with Gasteiger partial charge < -0.3 is 14.5 Å². The quantitative estimate of drug-likeness (QED) is 0.552. The van der Waals surface area contributed by atoms with E-state index < -0.39 is 0 Å². The predicted molar refractivity (Wildman–Crippen MR) is 106 cm³/mol. The highest BCUT2D eigenvalue weighted by Gasteiger charge is 2.10. The van der Waals surface area contributed by atoms with E-state index in [1.165, 1.54) is 0 Å². The highest BCUT2D eigenvalue weighted by atomic mass is 16.5. The van der Waals surface area contributed by atoms with E-state index in [0.717, 1.165) is 21.9 Å². The number of hydrogen-bond acceptors (Lipinski definition) is 3. The lowest BCUT2D eigenvalue weighted by molar-refractivity contribution is 0.0933. The second-order valence-electron chi connectivity index (χ2n) is 5.95. The number of carbonyl (C=O) groups excluding carboxylic acids is 1. The van der Waals surface area contributed by atoms with E-state index in [9.17, 15) is 4.79 Å². The van der Waals surface area contributed by atoms with E-state index in [4.69, 9.17) is 9.15 Å². The summed E-state index contributed by atoms with van der Waals surface area (Å²) in [5, 5.41) is 5.81. The molecule has 0 saturated carbocycles. The first-order valence-electron chi connectivity index (χ1n) is 8.64. The van der Waals surface area contributed by atoms with Crippen LogP contribution in [0.3, 0.4) is 0 Å². The number of rotatable bonds is 4. The van der Waals surface area contributed by atoms with Crippen LogP contribution in [0.2, 0.25) is 0 Å². The van der Waals surface area contributed by atoms with Crippen molar-refractivity contribution in [1.29, 1.82) is 0 Å². The van der Waals surface area contributed by atoms with E-state index in [-0.39, 0.29) is 24.8 Å². The van der Waals surface area contributed by atoms with Gasteiger partial charge in [-0.05, 0) is 23.6 Å². The number of ether oxygens (including phenoxy) is 1. The van der Waals surface area contributed by atoms with Crippen molar-refractivity contribution in [2.24, 2.45) is 0 Å². The molecule has 1 aromatic heterocycles. The predicted octanol–water partition coefficient (Wildman–Crippen LogP) is 4.40. The van der Waals surface area contributed by atoms with E-state index in [1.807, 2.05) is 66.7 Å². The van der Waals surface area contributed by atoms with Gasteiger partial charge in [-0.2, -0.15) is 0 Å². The maximum Gasteiger partial charge on any atom is 0.287 e. The molecule has 4 aromatic rings. The molecular formula is C23H17NO3. The number of amides is 1. The molecule has 1 heterocycles. The van der Waals surface area contributed by atoms with Crippen molar-refractivity contribution in [1.82, 2.24) is 5.32 Å². The van der Waals surface area contributed by atoms with E-state index in [0.29, 0.717) is 5.58 Å². The molecule has 0 aliphatic heterocycles. The summed E-state index contributed by atoms with van der Waals surface area (Å²) in [6.07, 6.45) is 0. The minimum absolute atomic E-state index is 0.231. The Bertz CT molecular complexity index is 1130. The lowest BCUT2D eigenvalue weighted by Crippen LogP contribution is -2.23. The van der Waals surface area contributed by atoms with Crippen LogP contribution in [0, 0.1) is 11.8 Å². The van der Waals surface area contributed by atoms with Crippen molar-refractivity contribution in [2.45, 2.75) is 0 Å². The lowest BCUT2D eigenvalue weighted by atomic mass is 10.1. The summed E-state index contributed by atoms with van der Waals surface area (Å²) in [5.74, 6) is 6.60. The molecule has 0 aliphatic rings. The fourth-order valence-corrected chi connectivity index (χ4v) is 2.85. The topological polar surface area (TPSA) is 51.5 Å². The Balaban J connectivity index is 1.31. The van der Waals surface area contributed by atoms with Gasteiger partial charge >= 0.3 is 0 Å². The van der Waals surface area contributed by atoms with Gasteiger partial charge in [0.05, 0.1) is 6.54 Å². The monoisotopic (exact) mass is 355 g/mol. The summed E-state index contributed by atoms with van der Waals surface area (Å²) in [7, 11) is 0. The largest absolute Gasteiger partial charge is 0.480 e. The standard InChI is InChI=1S/C23H17NO3/c25-23(22-16-18-9-2-4-12-20(18)27-22)24-14-5-6-15-26-21-13-7-10-17-8-1-3-11-19(17)21/h1-4,7-13,16H,14-15H2,(H,24,25). The Labute approximate surface area is 156 Å². The highest BCUT2D eigenvalue weighted by Crippen LogP contribution is 2.24. The molecule has 0 atom stereocenters. The molecule has 132 valence electrons. The molecule has 0 bridgehead atoms. The van der Waals surface area contributed by atoms with Gasteiger partial charge in [0.15, 0.2) is 5.76 Å².